The first kappa shape index (κ1) is 7.49. The van der Waals surface area contributed by atoms with Crippen molar-refractivity contribution in [3.8, 4) is 0 Å². The molecule has 6 nitrogen and oxygen atoms in total. The zero-order valence-corrected chi connectivity index (χ0v) is 6.39. The average molecular weight is 176 g/mol. The van der Waals surface area contributed by atoms with E-state index in [4.69, 9.17) is 6.57 Å². The number of hydrogen-bond acceptors (Lipinski definition) is 3. The van der Waals surface area contributed by atoms with Crippen LogP contribution in [0.4, 0.5) is 0 Å². The van der Waals surface area contributed by atoms with Gasteiger partial charge in [0, 0.05) is 12.4 Å². The van der Waals surface area contributed by atoms with Gasteiger partial charge in [-0.2, -0.15) is 0 Å². The highest BCUT2D eigenvalue weighted by Gasteiger charge is 2.40. The van der Waals surface area contributed by atoms with Gasteiger partial charge >= 0.3 is 11.9 Å². The molecular weight excluding hydrogens is 172 g/mol. The van der Waals surface area contributed by atoms with E-state index in [1.54, 1.807) is 0 Å². The molecule has 1 amide bonds. The molecule has 0 saturated carbocycles. The van der Waals surface area contributed by atoms with E-state index in [9.17, 15) is 9.59 Å². The lowest BCUT2D eigenvalue weighted by atomic mass is 10.1. The third kappa shape index (κ3) is 0.906. The summed E-state index contributed by atoms with van der Waals surface area (Å²) in [5, 5.41) is 0. The highest BCUT2D eigenvalue weighted by molar-refractivity contribution is 6.18. The number of imidazole rings is 1. The molecule has 1 aromatic rings. The third-order valence-corrected chi connectivity index (χ3v) is 1.72. The van der Waals surface area contributed by atoms with Crippen molar-refractivity contribution in [3.63, 3.8) is 0 Å². The molecule has 1 aliphatic rings. The van der Waals surface area contributed by atoms with Gasteiger partial charge in [0.05, 0.1) is 0 Å². The van der Waals surface area contributed by atoms with Gasteiger partial charge in [-0.15, -0.1) is 0 Å². The van der Waals surface area contributed by atoms with Crippen LogP contribution in [0.15, 0.2) is 12.4 Å². The van der Waals surface area contributed by atoms with Crippen molar-refractivity contribution < 1.29 is 9.59 Å². The molecule has 1 aromatic heterocycles. The summed E-state index contributed by atoms with van der Waals surface area (Å²) in [6, 6.07) is -1.28. The fraction of sp³-hybridized carbons (Fsp3) is 0.143. The number of aromatic nitrogens is 2. The van der Waals surface area contributed by atoms with Crippen molar-refractivity contribution in [1.82, 2.24) is 9.66 Å². The summed E-state index contributed by atoms with van der Waals surface area (Å²) < 4.78 is 1.21. The first-order valence-corrected chi connectivity index (χ1v) is 3.49. The zero-order valence-electron chi connectivity index (χ0n) is 6.39. The van der Waals surface area contributed by atoms with E-state index in [1.165, 1.54) is 17.1 Å². The van der Waals surface area contributed by atoms with Crippen LogP contribution in [0.2, 0.25) is 0 Å². The van der Waals surface area contributed by atoms with E-state index >= 15 is 0 Å². The Morgan fingerprint density at radius 1 is 1.62 bits per heavy atom. The van der Waals surface area contributed by atoms with E-state index in [0.29, 0.717) is 0 Å². The largest absolute Gasteiger partial charge is 0.366 e. The molecule has 13 heavy (non-hydrogen) atoms. The van der Waals surface area contributed by atoms with E-state index in [1.807, 2.05) is 0 Å². The fourth-order valence-corrected chi connectivity index (χ4v) is 1.11. The van der Waals surface area contributed by atoms with Crippen LogP contribution in [0.25, 0.3) is 4.85 Å². The molecule has 1 atom stereocenters. The van der Waals surface area contributed by atoms with Crippen molar-refractivity contribution in [2.24, 2.45) is 0 Å². The third-order valence-electron chi connectivity index (χ3n) is 1.72. The van der Waals surface area contributed by atoms with Crippen LogP contribution >= 0.6 is 0 Å². The maximum atomic E-state index is 11.4. The number of fused-ring (bicyclic) bond motifs is 1. The van der Waals surface area contributed by atoms with Crippen LogP contribution < -0.4 is 5.43 Å². The normalized spacial score (nSPS) is 20.4. The number of nitrogens with one attached hydrogen (secondary N) is 1. The van der Waals surface area contributed by atoms with Gasteiger partial charge in [-0.25, -0.2) is 16.2 Å². The van der Waals surface area contributed by atoms with E-state index in [2.05, 4.69) is 15.3 Å². The monoisotopic (exact) mass is 176 g/mol. The van der Waals surface area contributed by atoms with Gasteiger partial charge in [-0.3, -0.25) is 19.9 Å². The molecule has 1 aliphatic heterocycles. The first-order valence-electron chi connectivity index (χ1n) is 3.49. The SMILES string of the molecule is [C-]#[N+]C1C(=O)Nn2ccnc2C1=O. The van der Waals surface area contributed by atoms with Gasteiger partial charge in [-0.05, 0) is 0 Å². The Kier molecular flexibility index (Phi) is 1.39. The maximum Gasteiger partial charge on any atom is 0.366 e. The number of hydrogen-bond donors (Lipinski definition) is 1. The van der Waals surface area contributed by atoms with Crippen molar-refractivity contribution in [2.75, 3.05) is 5.43 Å². The van der Waals surface area contributed by atoms with Crippen molar-refractivity contribution >= 4 is 11.7 Å². The number of carbonyl (C=O) groups excluding carboxylic acids is 2. The summed E-state index contributed by atoms with van der Waals surface area (Å²) in [4.78, 5) is 29.1. The standard InChI is InChI=1S/C7H4N4O2/c1-8-4-5(12)6-9-2-3-11(6)10-7(4)13/h2-4H,(H,10,13). The Hall–Kier alpha value is -2.16. The molecule has 0 spiro atoms. The second kappa shape index (κ2) is 2.42. The summed E-state index contributed by atoms with van der Waals surface area (Å²) in [6.45, 7) is 6.66. The van der Waals surface area contributed by atoms with Crippen LogP contribution in [0.1, 0.15) is 10.6 Å². The molecule has 0 aliphatic carbocycles. The minimum atomic E-state index is -1.28. The Bertz CT molecular complexity index is 428. The first-order chi connectivity index (χ1) is 6.24. The minimum Gasteiger partial charge on any atom is -0.294 e. The highest BCUT2D eigenvalue weighted by atomic mass is 16.2. The highest BCUT2D eigenvalue weighted by Crippen LogP contribution is 2.09. The molecule has 0 fully saturated rings. The number of carbonyl (C=O) groups is 2. The summed E-state index contributed by atoms with van der Waals surface area (Å²) >= 11 is 0. The average Bonchev–Trinajstić information content (AvgIpc) is 2.53. The number of amides is 1. The number of nitrogens with zero attached hydrogens (tertiary/aromatic N) is 3. The van der Waals surface area contributed by atoms with Crippen LogP contribution in [0, 0.1) is 6.57 Å². The van der Waals surface area contributed by atoms with Gasteiger partial charge in [-0.1, -0.05) is 0 Å². The summed E-state index contributed by atoms with van der Waals surface area (Å²) in [5.74, 6) is -1.06. The summed E-state index contributed by atoms with van der Waals surface area (Å²) in [7, 11) is 0. The predicted octanol–water partition coefficient (Wildman–Crippen LogP) is -0.563. The van der Waals surface area contributed by atoms with Crippen LogP contribution in [0.5, 0.6) is 0 Å². The van der Waals surface area contributed by atoms with Crippen molar-refractivity contribution in [1.29, 1.82) is 0 Å². The smallest absolute Gasteiger partial charge is 0.294 e. The lowest BCUT2D eigenvalue weighted by Crippen LogP contribution is -2.44. The summed E-state index contributed by atoms with van der Waals surface area (Å²) in [6.07, 6.45) is 2.84. The molecule has 1 N–H and O–H groups in total. The Morgan fingerprint density at radius 2 is 2.38 bits per heavy atom. The quantitative estimate of drug-likeness (QED) is 0.425. The fourth-order valence-electron chi connectivity index (χ4n) is 1.11. The molecule has 1 unspecified atom stereocenters. The molecular formula is C7H4N4O2. The van der Waals surface area contributed by atoms with Gasteiger partial charge < -0.3 is 0 Å². The summed E-state index contributed by atoms with van der Waals surface area (Å²) in [5.41, 5.74) is 2.35. The number of rotatable bonds is 0. The van der Waals surface area contributed by atoms with Crippen LogP contribution in [0.3, 0.4) is 0 Å². The van der Waals surface area contributed by atoms with Crippen molar-refractivity contribution in [3.05, 3.63) is 29.6 Å². The lowest BCUT2D eigenvalue weighted by molar-refractivity contribution is -0.117. The van der Waals surface area contributed by atoms with Crippen molar-refractivity contribution in [2.45, 2.75) is 6.04 Å². The second-order valence-corrected chi connectivity index (χ2v) is 2.49. The predicted molar refractivity (Wildman–Crippen MR) is 41.3 cm³/mol. The molecule has 64 valence electrons. The molecule has 6 heteroatoms. The van der Waals surface area contributed by atoms with Crippen LogP contribution in [-0.2, 0) is 4.79 Å². The lowest BCUT2D eigenvalue weighted by Gasteiger charge is -2.14. The van der Waals surface area contributed by atoms with Gasteiger partial charge in [0.2, 0.25) is 5.82 Å². The Balaban J connectivity index is 2.53. The topological polar surface area (TPSA) is 68.3 Å². The maximum absolute atomic E-state index is 11.4. The number of ketones is 1. The van der Waals surface area contributed by atoms with E-state index < -0.39 is 17.7 Å². The van der Waals surface area contributed by atoms with E-state index in [-0.39, 0.29) is 5.82 Å². The van der Waals surface area contributed by atoms with Gasteiger partial charge in [0.1, 0.15) is 0 Å². The second-order valence-electron chi connectivity index (χ2n) is 2.49. The Morgan fingerprint density at radius 3 is 3.08 bits per heavy atom. The zero-order chi connectivity index (χ0) is 9.42. The molecule has 2 rings (SSSR count). The van der Waals surface area contributed by atoms with Gasteiger partial charge in [0.15, 0.2) is 0 Å². The minimum absolute atomic E-state index is 0.0978. The Labute approximate surface area is 73.0 Å². The van der Waals surface area contributed by atoms with Crippen LogP contribution in [-0.4, -0.2) is 27.4 Å². The molecule has 0 aromatic carbocycles. The van der Waals surface area contributed by atoms with Gasteiger partial charge in [0.25, 0.3) is 5.78 Å². The molecule has 0 saturated heterocycles. The van der Waals surface area contributed by atoms with E-state index in [0.717, 1.165) is 0 Å². The molecule has 0 radical (unpaired) electrons. The number of Topliss-reactive ketones (excluding diaryl/α,β-unsaturated/α-hetero) is 1. The molecule has 0 bridgehead atoms. The molecule has 2 heterocycles.